The van der Waals surface area contributed by atoms with Gasteiger partial charge in [0.25, 0.3) is 0 Å². The molecule has 3 heteroatoms. The normalized spacial score (nSPS) is 24.1. The second kappa shape index (κ2) is 10.2. The maximum Gasteiger partial charge on any atom is 0.146 e. The molecule has 0 amide bonds. The van der Waals surface area contributed by atoms with Gasteiger partial charge in [0.1, 0.15) is 5.78 Å². The Morgan fingerprint density at radius 1 is 1.00 bits per heavy atom. The highest BCUT2D eigenvalue weighted by atomic mass is 32.2. The summed E-state index contributed by atoms with van der Waals surface area (Å²) < 4.78 is 0. The molecule has 106 valence electrons. The van der Waals surface area contributed by atoms with Crippen LogP contribution in [0.25, 0.3) is 0 Å². The summed E-state index contributed by atoms with van der Waals surface area (Å²) in [5.74, 6) is 2.88. The van der Waals surface area contributed by atoms with Crippen molar-refractivity contribution in [3.05, 3.63) is 0 Å². The standard InChI is InChI=1S/C15H28OS2/c1-3-4-5-6-7-8-9-10-14(16)15-13(2)17-11-12-18-15/h13,15H,3-12H2,1-2H3. The SMILES string of the molecule is CCCCCCCCCC(=O)C1SCCSC1C. The minimum atomic E-state index is 0.281. The Hall–Kier alpha value is 0.370. The summed E-state index contributed by atoms with van der Waals surface area (Å²) in [6, 6.07) is 0. The lowest BCUT2D eigenvalue weighted by Crippen LogP contribution is -2.30. The Balaban J connectivity index is 2.02. The number of rotatable bonds is 9. The van der Waals surface area contributed by atoms with Crippen LogP contribution in [0, 0.1) is 0 Å². The van der Waals surface area contributed by atoms with E-state index < -0.39 is 0 Å². The van der Waals surface area contributed by atoms with E-state index in [0.29, 0.717) is 11.0 Å². The number of ketones is 1. The third kappa shape index (κ3) is 6.51. The summed E-state index contributed by atoms with van der Waals surface area (Å²) in [5, 5.41) is 0.810. The van der Waals surface area contributed by atoms with Gasteiger partial charge in [0.15, 0.2) is 0 Å². The topological polar surface area (TPSA) is 17.1 Å². The van der Waals surface area contributed by atoms with Gasteiger partial charge in [0, 0.05) is 23.2 Å². The summed E-state index contributed by atoms with van der Waals surface area (Å²) in [6.45, 7) is 4.46. The van der Waals surface area contributed by atoms with Crippen LogP contribution in [0.5, 0.6) is 0 Å². The average molecular weight is 289 g/mol. The van der Waals surface area contributed by atoms with E-state index in [0.717, 1.165) is 18.6 Å². The van der Waals surface area contributed by atoms with Crippen LogP contribution in [0.15, 0.2) is 0 Å². The van der Waals surface area contributed by atoms with Gasteiger partial charge in [-0.1, -0.05) is 52.4 Å². The number of hydrogen-bond acceptors (Lipinski definition) is 3. The zero-order valence-electron chi connectivity index (χ0n) is 12.0. The second-order valence-electron chi connectivity index (χ2n) is 5.20. The first-order chi connectivity index (χ1) is 8.75. The minimum Gasteiger partial charge on any atom is -0.298 e. The predicted octanol–water partition coefficient (Wildman–Crippen LogP) is 4.93. The largest absolute Gasteiger partial charge is 0.298 e. The Labute approximate surface area is 121 Å². The maximum absolute atomic E-state index is 12.1. The van der Waals surface area contributed by atoms with Gasteiger partial charge >= 0.3 is 0 Å². The number of unbranched alkanes of at least 4 members (excludes halogenated alkanes) is 6. The fourth-order valence-electron chi connectivity index (χ4n) is 2.39. The maximum atomic E-state index is 12.1. The number of hydrogen-bond donors (Lipinski definition) is 0. The molecule has 1 rings (SSSR count). The molecule has 2 unspecified atom stereocenters. The number of carbonyl (C=O) groups excluding carboxylic acids is 1. The fourth-order valence-corrected chi connectivity index (χ4v) is 5.15. The predicted molar refractivity (Wildman–Crippen MR) is 85.8 cm³/mol. The van der Waals surface area contributed by atoms with Crippen LogP contribution in [0.3, 0.4) is 0 Å². The Morgan fingerprint density at radius 2 is 1.61 bits per heavy atom. The van der Waals surface area contributed by atoms with Crippen molar-refractivity contribution in [3.63, 3.8) is 0 Å². The molecule has 0 N–H and O–H groups in total. The van der Waals surface area contributed by atoms with Gasteiger partial charge in [-0.05, 0) is 6.42 Å². The van der Waals surface area contributed by atoms with Crippen LogP contribution in [0.4, 0.5) is 0 Å². The van der Waals surface area contributed by atoms with E-state index in [-0.39, 0.29) is 5.25 Å². The third-order valence-corrected chi connectivity index (χ3v) is 6.67. The van der Waals surface area contributed by atoms with Gasteiger partial charge in [-0.2, -0.15) is 11.8 Å². The molecule has 0 saturated carbocycles. The Kier molecular flexibility index (Phi) is 9.30. The third-order valence-electron chi connectivity index (χ3n) is 3.53. The van der Waals surface area contributed by atoms with E-state index >= 15 is 0 Å². The lowest BCUT2D eigenvalue weighted by Gasteiger charge is -2.26. The van der Waals surface area contributed by atoms with E-state index in [4.69, 9.17) is 0 Å². The van der Waals surface area contributed by atoms with Crippen molar-refractivity contribution >= 4 is 29.3 Å². The second-order valence-corrected chi connectivity index (χ2v) is 7.94. The van der Waals surface area contributed by atoms with Crippen LogP contribution < -0.4 is 0 Å². The van der Waals surface area contributed by atoms with Gasteiger partial charge in [0.2, 0.25) is 0 Å². The number of Topliss-reactive ketones (excluding diaryl/α,β-unsaturated/α-hetero) is 1. The van der Waals surface area contributed by atoms with Crippen molar-refractivity contribution in [2.45, 2.75) is 75.7 Å². The molecule has 2 atom stereocenters. The molecule has 1 fully saturated rings. The first-order valence-corrected chi connectivity index (χ1v) is 9.61. The molecule has 1 heterocycles. The zero-order valence-corrected chi connectivity index (χ0v) is 13.6. The van der Waals surface area contributed by atoms with Gasteiger partial charge in [-0.25, -0.2) is 0 Å². The molecule has 0 aromatic heterocycles. The van der Waals surface area contributed by atoms with Crippen LogP contribution in [0.1, 0.15) is 65.2 Å². The van der Waals surface area contributed by atoms with E-state index in [1.165, 1.54) is 44.3 Å². The van der Waals surface area contributed by atoms with Gasteiger partial charge in [0.05, 0.1) is 5.25 Å². The lowest BCUT2D eigenvalue weighted by atomic mass is 10.0. The molecule has 0 aliphatic carbocycles. The van der Waals surface area contributed by atoms with Crippen LogP contribution in [0.2, 0.25) is 0 Å². The quantitative estimate of drug-likeness (QED) is 0.560. The molecule has 1 saturated heterocycles. The summed E-state index contributed by atoms with van der Waals surface area (Å²) in [5.41, 5.74) is 0. The first-order valence-electron chi connectivity index (χ1n) is 7.51. The average Bonchev–Trinajstić information content (AvgIpc) is 2.38. The van der Waals surface area contributed by atoms with Crippen molar-refractivity contribution in [2.24, 2.45) is 0 Å². The van der Waals surface area contributed by atoms with Crippen molar-refractivity contribution < 1.29 is 4.79 Å². The molecule has 0 radical (unpaired) electrons. The molecular weight excluding hydrogens is 260 g/mol. The minimum absolute atomic E-state index is 0.281. The summed E-state index contributed by atoms with van der Waals surface area (Å²) in [4.78, 5) is 12.1. The van der Waals surface area contributed by atoms with Gasteiger partial charge in [-0.15, -0.1) is 11.8 Å². The first kappa shape index (κ1) is 16.4. The molecule has 1 aliphatic rings. The molecular formula is C15H28OS2. The van der Waals surface area contributed by atoms with Crippen molar-refractivity contribution in [1.82, 2.24) is 0 Å². The van der Waals surface area contributed by atoms with E-state index in [1.807, 2.05) is 23.5 Å². The van der Waals surface area contributed by atoms with E-state index in [1.54, 1.807) is 0 Å². The number of carbonyl (C=O) groups is 1. The lowest BCUT2D eigenvalue weighted by molar-refractivity contribution is -0.118. The van der Waals surface area contributed by atoms with Crippen LogP contribution in [-0.4, -0.2) is 27.8 Å². The molecule has 1 nitrogen and oxygen atoms in total. The van der Waals surface area contributed by atoms with Crippen molar-refractivity contribution in [2.75, 3.05) is 11.5 Å². The smallest absolute Gasteiger partial charge is 0.146 e. The Morgan fingerprint density at radius 3 is 2.28 bits per heavy atom. The van der Waals surface area contributed by atoms with E-state index in [2.05, 4.69) is 13.8 Å². The van der Waals surface area contributed by atoms with Crippen molar-refractivity contribution in [3.8, 4) is 0 Å². The molecule has 18 heavy (non-hydrogen) atoms. The molecule has 0 spiro atoms. The van der Waals surface area contributed by atoms with E-state index in [9.17, 15) is 4.79 Å². The molecule has 0 aromatic rings. The molecule has 1 aliphatic heterocycles. The Bertz CT molecular complexity index is 231. The molecule has 0 bridgehead atoms. The monoisotopic (exact) mass is 288 g/mol. The van der Waals surface area contributed by atoms with Gasteiger partial charge < -0.3 is 0 Å². The van der Waals surface area contributed by atoms with Crippen LogP contribution >= 0.6 is 23.5 Å². The number of thioether (sulfide) groups is 2. The summed E-state index contributed by atoms with van der Waals surface area (Å²) in [6.07, 6.45) is 9.89. The molecule has 0 aromatic carbocycles. The van der Waals surface area contributed by atoms with Crippen LogP contribution in [-0.2, 0) is 4.79 Å². The highest BCUT2D eigenvalue weighted by Crippen LogP contribution is 2.32. The highest BCUT2D eigenvalue weighted by molar-refractivity contribution is 8.07. The zero-order chi connectivity index (χ0) is 13.2. The van der Waals surface area contributed by atoms with Gasteiger partial charge in [-0.3, -0.25) is 4.79 Å². The summed E-state index contributed by atoms with van der Waals surface area (Å²) in [7, 11) is 0. The van der Waals surface area contributed by atoms with Crippen molar-refractivity contribution in [1.29, 1.82) is 0 Å². The fraction of sp³-hybridized carbons (Fsp3) is 0.933. The summed E-state index contributed by atoms with van der Waals surface area (Å²) >= 11 is 3.85. The highest BCUT2D eigenvalue weighted by Gasteiger charge is 2.28.